The Labute approximate surface area is 189 Å². The van der Waals surface area contributed by atoms with Crippen LogP contribution in [0.2, 0.25) is 0 Å². The number of allylic oxidation sites excluding steroid dienone is 1. The molecule has 0 amide bonds. The molecular weight excluding hydrogens is 424 g/mol. The lowest BCUT2D eigenvalue weighted by atomic mass is 9.68. The molecule has 0 bridgehead atoms. The fraction of sp³-hybridized carbons (Fsp3) is 0.200. The number of hydrazone groups is 1. The number of benzene rings is 2. The maximum Gasteiger partial charge on any atom is 0.356 e. The van der Waals surface area contributed by atoms with Gasteiger partial charge in [-0.3, -0.25) is 0 Å². The second-order valence-electron chi connectivity index (χ2n) is 7.72. The van der Waals surface area contributed by atoms with Crippen molar-refractivity contribution in [3.05, 3.63) is 82.6 Å². The van der Waals surface area contributed by atoms with E-state index in [4.69, 9.17) is 14.2 Å². The van der Waals surface area contributed by atoms with Crippen molar-refractivity contribution in [1.29, 1.82) is 0 Å². The van der Waals surface area contributed by atoms with E-state index in [1.807, 2.05) is 36.4 Å². The fourth-order valence-corrected chi connectivity index (χ4v) is 5.27. The van der Waals surface area contributed by atoms with E-state index in [9.17, 15) is 14.4 Å². The van der Waals surface area contributed by atoms with Gasteiger partial charge in [0, 0.05) is 11.8 Å². The Morgan fingerprint density at radius 2 is 1.58 bits per heavy atom. The first-order chi connectivity index (χ1) is 16.0. The van der Waals surface area contributed by atoms with Gasteiger partial charge in [0.2, 0.25) is 0 Å². The molecule has 8 heteroatoms. The number of esters is 3. The molecule has 2 aliphatic heterocycles. The highest BCUT2D eigenvalue weighted by Gasteiger charge is 2.63. The summed E-state index contributed by atoms with van der Waals surface area (Å²) in [6, 6.07) is 12.2. The van der Waals surface area contributed by atoms with Crippen molar-refractivity contribution < 1.29 is 28.6 Å². The molecule has 2 atom stereocenters. The smallest absolute Gasteiger partial charge is 0.356 e. The maximum absolute atomic E-state index is 13.4. The second-order valence-corrected chi connectivity index (χ2v) is 7.72. The quantitative estimate of drug-likeness (QED) is 0.531. The van der Waals surface area contributed by atoms with Crippen LogP contribution >= 0.6 is 0 Å². The van der Waals surface area contributed by atoms with Crippen LogP contribution in [-0.2, 0) is 29.2 Å². The van der Waals surface area contributed by atoms with Crippen molar-refractivity contribution in [3.8, 4) is 11.1 Å². The van der Waals surface area contributed by atoms with Crippen molar-refractivity contribution in [3.63, 3.8) is 0 Å². The van der Waals surface area contributed by atoms with Gasteiger partial charge >= 0.3 is 17.9 Å². The first-order valence-corrected chi connectivity index (χ1v) is 10.2. The van der Waals surface area contributed by atoms with Crippen molar-refractivity contribution in [2.45, 2.75) is 11.5 Å². The summed E-state index contributed by atoms with van der Waals surface area (Å²) in [5.74, 6) is -1.89. The molecule has 1 aliphatic carbocycles. The highest BCUT2D eigenvalue weighted by atomic mass is 16.5. The normalized spacial score (nSPS) is 21.5. The van der Waals surface area contributed by atoms with E-state index < -0.39 is 29.4 Å². The first-order valence-electron chi connectivity index (χ1n) is 10.2. The Morgan fingerprint density at radius 3 is 2.30 bits per heavy atom. The van der Waals surface area contributed by atoms with Gasteiger partial charge in [-0.25, -0.2) is 19.4 Å². The molecule has 1 spiro atoms. The Morgan fingerprint density at radius 1 is 0.879 bits per heavy atom. The number of fused-ring (bicyclic) bond motifs is 7. The molecule has 0 aromatic heterocycles. The van der Waals surface area contributed by atoms with Crippen LogP contribution in [0.1, 0.15) is 21.5 Å². The molecule has 2 aromatic carbocycles. The van der Waals surface area contributed by atoms with Crippen LogP contribution in [0.25, 0.3) is 11.1 Å². The number of ether oxygens (including phenoxy) is 3. The van der Waals surface area contributed by atoms with E-state index in [-0.39, 0.29) is 11.3 Å². The van der Waals surface area contributed by atoms with Crippen LogP contribution in [0.15, 0.2) is 71.0 Å². The predicted molar refractivity (Wildman–Crippen MR) is 118 cm³/mol. The number of carbonyl (C=O) groups excluding carboxylic acids is 3. The maximum atomic E-state index is 13.4. The van der Waals surface area contributed by atoms with E-state index in [1.165, 1.54) is 26.3 Å². The van der Waals surface area contributed by atoms with Crippen molar-refractivity contribution >= 4 is 24.1 Å². The lowest BCUT2D eigenvalue weighted by Crippen LogP contribution is -2.44. The molecule has 0 N–H and O–H groups in total. The summed E-state index contributed by atoms with van der Waals surface area (Å²) in [6.45, 7) is 0. The standard InChI is InChI=1S/C25H20N2O6/c1-31-22(28)15-9-6-11-17-19(15)14-8-4-5-10-16(14)25(17)18-12-7-13-26-27(18)21(24(30)33-3)20(25)23(29)32-2/h4-13,18H,1-3H3/t18?,25-/m0/s1. The topological polar surface area (TPSA) is 94.5 Å². The van der Waals surface area contributed by atoms with Crippen LogP contribution in [0.4, 0.5) is 0 Å². The SMILES string of the molecule is COC(=O)C1=C(C(=O)OC)[C@]2(c3ccccc3-c3c(C(=O)OC)cccc32)C2C=CC=NN12. The van der Waals surface area contributed by atoms with Gasteiger partial charge in [-0.2, -0.15) is 5.10 Å². The summed E-state index contributed by atoms with van der Waals surface area (Å²) in [7, 11) is 3.84. The van der Waals surface area contributed by atoms with E-state index in [0.717, 1.165) is 11.1 Å². The van der Waals surface area contributed by atoms with Crippen molar-refractivity contribution in [1.82, 2.24) is 5.01 Å². The number of methoxy groups -OCH3 is 3. The second kappa shape index (κ2) is 7.44. The molecular formula is C25H20N2O6. The molecule has 3 aliphatic rings. The summed E-state index contributed by atoms with van der Waals surface area (Å²) in [4.78, 5) is 39.1. The van der Waals surface area contributed by atoms with Gasteiger partial charge in [0.25, 0.3) is 0 Å². The molecule has 0 saturated carbocycles. The number of rotatable bonds is 3. The minimum Gasteiger partial charge on any atom is -0.466 e. The number of nitrogens with zero attached hydrogens (tertiary/aromatic N) is 2. The molecule has 0 fully saturated rings. The average molecular weight is 444 g/mol. The predicted octanol–water partition coefficient (Wildman–Crippen LogP) is 2.58. The van der Waals surface area contributed by atoms with E-state index >= 15 is 0 Å². The molecule has 2 aromatic rings. The lowest BCUT2D eigenvalue weighted by Gasteiger charge is -2.36. The van der Waals surface area contributed by atoms with Gasteiger partial charge in [-0.1, -0.05) is 42.5 Å². The van der Waals surface area contributed by atoms with Gasteiger partial charge in [-0.15, -0.1) is 0 Å². The Bertz CT molecular complexity index is 1310. The van der Waals surface area contributed by atoms with Crippen LogP contribution in [0.5, 0.6) is 0 Å². The zero-order valence-corrected chi connectivity index (χ0v) is 18.2. The molecule has 33 heavy (non-hydrogen) atoms. The summed E-state index contributed by atoms with van der Waals surface area (Å²) >= 11 is 0. The summed E-state index contributed by atoms with van der Waals surface area (Å²) in [6.07, 6.45) is 5.19. The summed E-state index contributed by atoms with van der Waals surface area (Å²) in [5, 5.41) is 5.91. The summed E-state index contributed by atoms with van der Waals surface area (Å²) < 4.78 is 15.3. The third-order valence-electron chi connectivity index (χ3n) is 6.42. The van der Waals surface area contributed by atoms with Gasteiger partial charge in [0.05, 0.1) is 43.9 Å². The third-order valence-corrected chi connectivity index (χ3v) is 6.42. The molecule has 5 rings (SSSR count). The number of hydrogen-bond acceptors (Lipinski definition) is 8. The average Bonchev–Trinajstić information content (AvgIpc) is 3.34. The van der Waals surface area contributed by atoms with Gasteiger partial charge in [0.15, 0.2) is 5.70 Å². The Hall–Kier alpha value is -4.20. The molecule has 1 unspecified atom stereocenters. The molecule has 8 nitrogen and oxygen atoms in total. The minimum atomic E-state index is -1.17. The fourth-order valence-electron chi connectivity index (χ4n) is 5.27. The van der Waals surface area contributed by atoms with Gasteiger partial charge in [-0.05, 0) is 28.8 Å². The van der Waals surface area contributed by atoms with Crippen LogP contribution in [0.3, 0.4) is 0 Å². The molecule has 0 saturated heterocycles. The molecule has 0 radical (unpaired) electrons. The van der Waals surface area contributed by atoms with Crippen molar-refractivity contribution in [2.75, 3.05) is 21.3 Å². The van der Waals surface area contributed by atoms with Gasteiger partial charge < -0.3 is 14.2 Å². The van der Waals surface area contributed by atoms with Crippen LogP contribution < -0.4 is 0 Å². The zero-order chi connectivity index (χ0) is 23.3. The summed E-state index contributed by atoms with van der Waals surface area (Å²) in [5.41, 5.74) is 2.17. The number of hydrogen-bond donors (Lipinski definition) is 0. The largest absolute Gasteiger partial charge is 0.466 e. The van der Waals surface area contributed by atoms with Crippen LogP contribution in [0, 0.1) is 0 Å². The highest BCUT2D eigenvalue weighted by molar-refractivity contribution is 6.09. The third kappa shape index (κ3) is 2.51. The van der Waals surface area contributed by atoms with Crippen LogP contribution in [-0.4, -0.2) is 56.5 Å². The molecule has 166 valence electrons. The van der Waals surface area contributed by atoms with E-state index in [1.54, 1.807) is 24.4 Å². The van der Waals surface area contributed by atoms with E-state index in [0.29, 0.717) is 16.7 Å². The minimum absolute atomic E-state index is 0.000995. The molecule has 2 heterocycles. The zero-order valence-electron chi connectivity index (χ0n) is 18.2. The lowest BCUT2D eigenvalue weighted by molar-refractivity contribution is -0.140. The number of carbonyl (C=O) groups is 3. The Kier molecular flexibility index (Phi) is 4.67. The van der Waals surface area contributed by atoms with Crippen molar-refractivity contribution in [2.24, 2.45) is 5.10 Å². The highest BCUT2D eigenvalue weighted by Crippen LogP contribution is 2.61. The first kappa shape index (κ1) is 20.7. The van der Waals surface area contributed by atoms with Gasteiger partial charge in [0.1, 0.15) is 0 Å². The monoisotopic (exact) mass is 444 g/mol. The Balaban J connectivity index is 1.97. The van der Waals surface area contributed by atoms with E-state index in [2.05, 4.69) is 5.10 Å².